The van der Waals surface area contributed by atoms with Gasteiger partial charge in [0.1, 0.15) is 0 Å². The molecule has 1 rings (SSSR count). The standard InChI is InChI=1S/C11H16N2O/c1-3-5-8-12-10-6-7-11(13-9-10)14-4-2/h3,5-7,9,12H,4,8H2,1-2H3/b5-3+. The van der Waals surface area contributed by atoms with Crippen molar-refractivity contribution in [1.82, 2.24) is 4.98 Å². The van der Waals surface area contributed by atoms with Crippen molar-refractivity contribution in [2.75, 3.05) is 18.5 Å². The minimum atomic E-state index is 0.651. The molecule has 0 spiro atoms. The van der Waals surface area contributed by atoms with Gasteiger partial charge in [0.2, 0.25) is 5.88 Å². The van der Waals surface area contributed by atoms with E-state index < -0.39 is 0 Å². The molecule has 1 aromatic heterocycles. The Bertz CT molecular complexity index is 280. The third-order valence-electron chi connectivity index (χ3n) is 1.69. The average molecular weight is 192 g/mol. The van der Waals surface area contributed by atoms with Crippen molar-refractivity contribution in [3.05, 3.63) is 30.5 Å². The van der Waals surface area contributed by atoms with Crippen LogP contribution in [0.25, 0.3) is 0 Å². The van der Waals surface area contributed by atoms with Crippen LogP contribution < -0.4 is 10.1 Å². The summed E-state index contributed by atoms with van der Waals surface area (Å²) in [6.45, 7) is 5.42. The zero-order valence-electron chi connectivity index (χ0n) is 8.66. The van der Waals surface area contributed by atoms with Crippen LogP contribution in [-0.2, 0) is 0 Å². The van der Waals surface area contributed by atoms with Gasteiger partial charge in [0.05, 0.1) is 18.5 Å². The van der Waals surface area contributed by atoms with E-state index in [1.54, 1.807) is 6.20 Å². The number of ether oxygens (including phenoxy) is 1. The number of hydrogen-bond donors (Lipinski definition) is 1. The Labute approximate surface area is 84.8 Å². The molecule has 76 valence electrons. The van der Waals surface area contributed by atoms with E-state index in [4.69, 9.17) is 4.74 Å². The van der Waals surface area contributed by atoms with Crippen LogP contribution in [-0.4, -0.2) is 18.1 Å². The maximum Gasteiger partial charge on any atom is 0.213 e. The zero-order valence-corrected chi connectivity index (χ0v) is 8.66. The van der Waals surface area contributed by atoms with Gasteiger partial charge in [-0.15, -0.1) is 0 Å². The second-order valence-corrected chi connectivity index (χ2v) is 2.77. The summed E-state index contributed by atoms with van der Waals surface area (Å²) in [6, 6.07) is 3.82. The first-order chi connectivity index (χ1) is 6.86. The summed E-state index contributed by atoms with van der Waals surface area (Å²) in [5, 5.41) is 3.21. The molecule has 0 fully saturated rings. The number of hydrogen-bond acceptors (Lipinski definition) is 3. The van der Waals surface area contributed by atoms with Gasteiger partial charge < -0.3 is 10.1 Å². The minimum absolute atomic E-state index is 0.651. The molecule has 14 heavy (non-hydrogen) atoms. The molecule has 0 atom stereocenters. The Morgan fingerprint density at radius 1 is 1.50 bits per heavy atom. The van der Waals surface area contributed by atoms with Gasteiger partial charge in [0.25, 0.3) is 0 Å². The van der Waals surface area contributed by atoms with Crippen LogP contribution >= 0.6 is 0 Å². The molecular formula is C11H16N2O. The Morgan fingerprint density at radius 2 is 2.36 bits per heavy atom. The Kier molecular flexibility index (Phi) is 4.55. The summed E-state index contributed by atoms with van der Waals surface area (Å²) in [6.07, 6.45) is 5.83. The molecule has 0 aliphatic rings. The lowest BCUT2D eigenvalue weighted by Crippen LogP contribution is -1.99. The fourth-order valence-corrected chi connectivity index (χ4v) is 1.01. The predicted octanol–water partition coefficient (Wildman–Crippen LogP) is 2.47. The molecule has 3 nitrogen and oxygen atoms in total. The molecule has 0 unspecified atom stereocenters. The highest BCUT2D eigenvalue weighted by Gasteiger charge is 1.93. The quantitative estimate of drug-likeness (QED) is 0.728. The Morgan fingerprint density at radius 3 is 2.93 bits per heavy atom. The van der Waals surface area contributed by atoms with E-state index in [1.165, 1.54) is 0 Å². The lowest BCUT2D eigenvalue weighted by molar-refractivity contribution is 0.327. The smallest absolute Gasteiger partial charge is 0.213 e. The molecule has 0 saturated carbocycles. The number of rotatable bonds is 5. The summed E-state index contributed by atoms with van der Waals surface area (Å²) in [5.74, 6) is 0.670. The van der Waals surface area contributed by atoms with Crippen molar-refractivity contribution < 1.29 is 4.74 Å². The highest BCUT2D eigenvalue weighted by atomic mass is 16.5. The van der Waals surface area contributed by atoms with Gasteiger partial charge in [-0.25, -0.2) is 4.98 Å². The van der Waals surface area contributed by atoms with Gasteiger partial charge in [-0.3, -0.25) is 0 Å². The molecular weight excluding hydrogens is 176 g/mol. The first-order valence-corrected chi connectivity index (χ1v) is 4.80. The van der Waals surface area contributed by atoms with Crippen LogP contribution in [0.3, 0.4) is 0 Å². The third-order valence-corrected chi connectivity index (χ3v) is 1.69. The number of allylic oxidation sites excluding steroid dienone is 1. The molecule has 3 heteroatoms. The second-order valence-electron chi connectivity index (χ2n) is 2.77. The minimum Gasteiger partial charge on any atom is -0.478 e. The van der Waals surface area contributed by atoms with Gasteiger partial charge in [-0.05, 0) is 19.9 Å². The summed E-state index contributed by atoms with van der Waals surface area (Å²) in [4.78, 5) is 4.14. The van der Waals surface area contributed by atoms with Gasteiger partial charge in [-0.1, -0.05) is 12.2 Å². The maximum absolute atomic E-state index is 5.23. The molecule has 0 aliphatic heterocycles. The fraction of sp³-hybridized carbons (Fsp3) is 0.364. The van der Waals surface area contributed by atoms with Gasteiger partial charge in [0, 0.05) is 12.6 Å². The molecule has 1 N–H and O–H groups in total. The first kappa shape index (κ1) is 10.6. The average Bonchev–Trinajstić information content (AvgIpc) is 2.21. The number of anilines is 1. The maximum atomic E-state index is 5.23. The fourth-order valence-electron chi connectivity index (χ4n) is 1.01. The Balaban J connectivity index is 2.46. The van der Waals surface area contributed by atoms with E-state index in [1.807, 2.05) is 32.1 Å². The van der Waals surface area contributed by atoms with Crippen molar-refractivity contribution in [1.29, 1.82) is 0 Å². The molecule has 0 saturated heterocycles. The van der Waals surface area contributed by atoms with Crippen molar-refractivity contribution in [2.24, 2.45) is 0 Å². The third kappa shape index (κ3) is 3.47. The van der Waals surface area contributed by atoms with E-state index in [0.717, 1.165) is 12.2 Å². The number of pyridine rings is 1. The summed E-state index contributed by atoms with van der Waals surface area (Å²) in [7, 11) is 0. The SMILES string of the molecule is C/C=C/CNc1ccc(OCC)nc1. The molecule has 0 aromatic carbocycles. The van der Waals surface area contributed by atoms with E-state index in [0.29, 0.717) is 12.5 Å². The van der Waals surface area contributed by atoms with Crippen LogP contribution in [0.1, 0.15) is 13.8 Å². The van der Waals surface area contributed by atoms with E-state index in [-0.39, 0.29) is 0 Å². The molecule has 1 heterocycles. The van der Waals surface area contributed by atoms with Crippen molar-refractivity contribution >= 4 is 5.69 Å². The lowest BCUT2D eigenvalue weighted by Gasteiger charge is -2.04. The van der Waals surface area contributed by atoms with Crippen LogP contribution in [0.5, 0.6) is 5.88 Å². The molecule has 1 aromatic rings. The first-order valence-electron chi connectivity index (χ1n) is 4.80. The summed E-state index contributed by atoms with van der Waals surface area (Å²) in [5.41, 5.74) is 1.01. The molecule has 0 radical (unpaired) electrons. The largest absolute Gasteiger partial charge is 0.478 e. The monoisotopic (exact) mass is 192 g/mol. The predicted molar refractivity (Wildman–Crippen MR) is 58.7 cm³/mol. The van der Waals surface area contributed by atoms with Crippen LogP contribution in [0.4, 0.5) is 5.69 Å². The molecule has 0 aliphatic carbocycles. The molecule has 0 bridgehead atoms. The van der Waals surface area contributed by atoms with Crippen molar-refractivity contribution in [2.45, 2.75) is 13.8 Å². The number of nitrogens with zero attached hydrogens (tertiary/aromatic N) is 1. The summed E-state index contributed by atoms with van der Waals surface area (Å²) < 4.78 is 5.23. The van der Waals surface area contributed by atoms with Gasteiger partial charge in [-0.2, -0.15) is 0 Å². The highest BCUT2D eigenvalue weighted by molar-refractivity contribution is 5.42. The van der Waals surface area contributed by atoms with E-state index >= 15 is 0 Å². The van der Waals surface area contributed by atoms with Gasteiger partial charge in [0.15, 0.2) is 0 Å². The number of aromatic nitrogens is 1. The molecule has 0 amide bonds. The van der Waals surface area contributed by atoms with E-state index in [9.17, 15) is 0 Å². The van der Waals surface area contributed by atoms with Crippen LogP contribution in [0.2, 0.25) is 0 Å². The normalized spacial score (nSPS) is 10.4. The van der Waals surface area contributed by atoms with Crippen LogP contribution in [0, 0.1) is 0 Å². The topological polar surface area (TPSA) is 34.1 Å². The zero-order chi connectivity index (χ0) is 10.2. The van der Waals surface area contributed by atoms with Gasteiger partial charge >= 0.3 is 0 Å². The van der Waals surface area contributed by atoms with Crippen molar-refractivity contribution in [3.8, 4) is 5.88 Å². The highest BCUT2D eigenvalue weighted by Crippen LogP contribution is 2.10. The Hall–Kier alpha value is -1.51. The van der Waals surface area contributed by atoms with Crippen LogP contribution in [0.15, 0.2) is 30.5 Å². The lowest BCUT2D eigenvalue weighted by atomic mass is 10.4. The van der Waals surface area contributed by atoms with E-state index in [2.05, 4.69) is 16.4 Å². The number of nitrogens with one attached hydrogen (secondary N) is 1. The van der Waals surface area contributed by atoms with Crippen molar-refractivity contribution in [3.63, 3.8) is 0 Å². The summed E-state index contributed by atoms with van der Waals surface area (Å²) >= 11 is 0. The second kappa shape index (κ2) is 6.02.